The highest BCUT2D eigenvalue weighted by molar-refractivity contribution is 14.0. The van der Waals surface area contributed by atoms with Gasteiger partial charge in [-0.3, -0.25) is 4.90 Å². The van der Waals surface area contributed by atoms with Crippen molar-refractivity contribution in [2.75, 3.05) is 13.1 Å². The van der Waals surface area contributed by atoms with Crippen molar-refractivity contribution >= 4 is 29.9 Å². The Bertz CT molecular complexity index is 583. The van der Waals surface area contributed by atoms with E-state index in [1.165, 1.54) is 32.1 Å². The molecule has 0 spiro atoms. The Morgan fingerprint density at radius 3 is 2.32 bits per heavy atom. The molecule has 1 aliphatic carbocycles. The summed E-state index contributed by atoms with van der Waals surface area (Å²) in [6.45, 7) is 13.4. The summed E-state index contributed by atoms with van der Waals surface area (Å²) in [5, 5.41) is 15.6. The van der Waals surface area contributed by atoms with E-state index in [2.05, 4.69) is 53.4 Å². The number of rotatable bonds is 8. The highest BCUT2D eigenvalue weighted by Gasteiger charge is 2.16. The number of aliphatic imine (C=N–C) groups is 1. The Balaban J connectivity index is 0.00000392. The van der Waals surface area contributed by atoms with E-state index in [9.17, 15) is 0 Å². The Kier molecular flexibility index (Phi) is 11.3. The van der Waals surface area contributed by atoms with Crippen molar-refractivity contribution in [1.82, 2.24) is 30.3 Å². The molecule has 0 unspecified atom stereocenters. The largest absolute Gasteiger partial charge is 0.355 e. The summed E-state index contributed by atoms with van der Waals surface area (Å²) in [5.74, 6) is 2.71. The van der Waals surface area contributed by atoms with E-state index in [1.54, 1.807) is 0 Å². The minimum atomic E-state index is 0. The molecule has 2 N–H and O–H groups in total. The Morgan fingerprint density at radius 2 is 1.79 bits per heavy atom. The zero-order chi connectivity index (χ0) is 19.8. The van der Waals surface area contributed by atoms with Gasteiger partial charge in [0.2, 0.25) is 0 Å². The van der Waals surface area contributed by atoms with Crippen LogP contribution >= 0.6 is 24.0 Å². The molecule has 0 saturated heterocycles. The van der Waals surface area contributed by atoms with Gasteiger partial charge in [0.05, 0.1) is 0 Å². The summed E-state index contributed by atoms with van der Waals surface area (Å²) in [6.07, 6.45) is 6.43. The van der Waals surface area contributed by atoms with Crippen LogP contribution in [0.2, 0.25) is 0 Å². The number of nitrogens with one attached hydrogen (secondary N) is 2. The maximum absolute atomic E-state index is 4.80. The third-order valence-electron chi connectivity index (χ3n) is 5.50. The quantitative estimate of drug-likeness (QED) is 0.323. The smallest absolute Gasteiger partial charge is 0.191 e. The number of halogens is 1. The second-order valence-corrected chi connectivity index (χ2v) is 8.22. The summed E-state index contributed by atoms with van der Waals surface area (Å²) in [4.78, 5) is 7.30. The molecule has 1 heterocycles. The molecule has 162 valence electrons. The van der Waals surface area contributed by atoms with E-state index >= 15 is 0 Å². The summed E-state index contributed by atoms with van der Waals surface area (Å²) in [7, 11) is 1.99. The van der Waals surface area contributed by atoms with Gasteiger partial charge in [-0.15, -0.1) is 34.2 Å². The Labute approximate surface area is 188 Å². The number of guanidine groups is 1. The fourth-order valence-corrected chi connectivity index (χ4v) is 3.75. The number of nitrogens with zero attached hydrogens (tertiary/aromatic N) is 5. The van der Waals surface area contributed by atoms with E-state index in [1.807, 2.05) is 18.5 Å². The second kappa shape index (κ2) is 12.6. The first-order valence-corrected chi connectivity index (χ1v) is 10.5. The molecular weight excluding hydrogens is 465 g/mol. The molecule has 0 aromatic carbocycles. The van der Waals surface area contributed by atoms with Crippen molar-refractivity contribution in [2.24, 2.45) is 12.0 Å². The molecule has 1 aliphatic rings. The lowest BCUT2D eigenvalue weighted by Crippen LogP contribution is -2.48. The van der Waals surface area contributed by atoms with E-state index < -0.39 is 0 Å². The van der Waals surface area contributed by atoms with Gasteiger partial charge in [-0.05, 0) is 47.5 Å². The minimum absolute atomic E-state index is 0. The lowest BCUT2D eigenvalue weighted by molar-refractivity contribution is 0.178. The van der Waals surface area contributed by atoms with Gasteiger partial charge in [0.25, 0.3) is 0 Å². The minimum Gasteiger partial charge on any atom is -0.355 e. The molecule has 0 bridgehead atoms. The monoisotopic (exact) mass is 505 g/mol. The van der Waals surface area contributed by atoms with Crippen LogP contribution in [0.3, 0.4) is 0 Å². The zero-order valence-corrected chi connectivity index (χ0v) is 20.9. The molecular formula is C20H40IN7. The van der Waals surface area contributed by atoms with Gasteiger partial charge in [0.15, 0.2) is 11.8 Å². The van der Waals surface area contributed by atoms with Gasteiger partial charge in [0.1, 0.15) is 12.4 Å². The second-order valence-electron chi connectivity index (χ2n) is 8.22. The summed E-state index contributed by atoms with van der Waals surface area (Å²) >= 11 is 0. The molecule has 0 atom stereocenters. The van der Waals surface area contributed by atoms with E-state index in [-0.39, 0.29) is 24.0 Å². The van der Waals surface area contributed by atoms with Crippen LogP contribution in [-0.4, -0.2) is 56.8 Å². The van der Waals surface area contributed by atoms with Crippen molar-refractivity contribution < 1.29 is 0 Å². The highest BCUT2D eigenvalue weighted by atomic mass is 127. The molecule has 0 aliphatic heterocycles. The van der Waals surface area contributed by atoms with Crippen LogP contribution in [0.5, 0.6) is 0 Å². The van der Waals surface area contributed by atoms with Crippen molar-refractivity contribution in [3.8, 4) is 0 Å². The normalized spacial score (nSPS) is 16.0. The number of aromatic nitrogens is 3. The van der Waals surface area contributed by atoms with Gasteiger partial charge in [-0.1, -0.05) is 19.3 Å². The molecule has 28 heavy (non-hydrogen) atoms. The number of hydrogen-bond acceptors (Lipinski definition) is 4. The molecule has 8 heteroatoms. The summed E-state index contributed by atoms with van der Waals surface area (Å²) in [6, 6.07) is 1.61. The lowest BCUT2D eigenvalue weighted by Gasteiger charge is -2.31. The maximum Gasteiger partial charge on any atom is 0.191 e. The van der Waals surface area contributed by atoms with Crippen LogP contribution < -0.4 is 10.6 Å². The zero-order valence-electron chi connectivity index (χ0n) is 18.5. The van der Waals surface area contributed by atoms with Crippen molar-refractivity contribution in [3.63, 3.8) is 0 Å². The van der Waals surface area contributed by atoms with E-state index in [4.69, 9.17) is 4.99 Å². The van der Waals surface area contributed by atoms with Crippen LogP contribution in [0.1, 0.15) is 71.4 Å². The fourth-order valence-electron chi connectivity index (χ4n) is 3.75. The average Bonchev–Trinajstić information content (AvgIpc) is 2.95. The van der Waals surface area contributed by atoms with Gasteiger partial charge >= 0.3 is 0 Å². The molecule has 7 nitrogen and oxygen atoms in total. The molecule has 1 saturated carbocycles. The van der Waals surface area contributed by atoms with E-state index in [0.29, 0.717) is 24.7 Å². The average molecular weight is 505 g/mol. The Hall–Kier alpha value is -0.900. The first-order chi connectivity index (χ1) is 12.9. The predicted molar refractivity (Wildman–Crippen MR) is 127 cm³/mol. The molecule has 2 rings (SSSR count). The van der Waals surface area contributed by atoms with Crippen LogP contribution in [0.15, 0.2) is 4.99 Å². The predicted octanol–water partition coefficient (Wildman–Crippen LogP) is 3.23. The maximum atomic E-state index is 4.80. The van der Waals surface area contributed by atoms with Gasteiger partial charge in [-0.25, -0.2) is 4.99 Å². The number of aryl methyl sites for hydroxylation is 1. The van der Waals surface area contributed by atoms with Gasteiger partial charge in [0, 0.05) is 38.3 Å². The Morgan fingerprint density at radius 1 is 1.14 bits per heavy atom. The SMILES string of the molecule is Cc1nnc(CN=C(NCCN(C(C)C)C(C)C)NC2CCCCC2)n1C.I. The fraction of sp³-hybridized carbons (Fsp3) is 0.850. The van der Waals surface area contributed by atoms with Crippen LogP contribution in [0.25, 0.3) is 0 Å². The van der Waals surface area contributed by atoms with Gasteiger partial charge < -0.3 is 15.2 Å². The van der Waals surface area contributed by atoms with Crippen molar-refractivity contribution in [3.05, 3.63) is 11.6 Å². The van der Waals surface area contributed by atoms with E-state index in [0.717, 1.165) is 30.7 Å². The summed E-state index contributed by atoms with van der Waals surface area (Å²) in [5.41, 5.74) is 0. The van der Waals surface area contributed by atoms with Crippen molar-refractivity contribution in [2.45, 2.75) is 91.4 Å². The summed E-state index contributed by atoms with van der Waals surface area (Å²) < 4.78 is 2.00. The molecule has 0 amide bonds. The lowest BCUT2D eigenvalue weighted by atomic mass is 9.96. The highest BCUT2D eigenvalue weighted by Crippen LogP contribution is 2.17. The third kappa shape index (κ3) is 7.85. The first kappa shape index (κ1) is 25.1. The molecule has 1 fully saturated rings. The first-order valence-electron chi connectivity index (χ1n) is 10.5. The number of hydrogen-bond donors (Lipinski definition) is 2. The van der Waals surface area contributed by atoms with Crippen LogP contribution in [0.4, 0.5) is 0 Å². The molecule has 1 aromatic heterocycles. The van der Waals surface area contributed by atoms with Crippen LogP contribution in [0, 0.1) is 6.92 Å². The molecule has 0 radical (unpaired) electrons. The van der Waals surface area contributed by atoms with Crippen LogP contribution in [-0.2, 0) is 13.6 Å². The topological polar surface area (TPSA) is 70.4 Å². The standard InChI is InChI=1S/C20H39N7.HI/c1-15(2)27(16(3)4)13-12-21-20(23-18-10-8-7-9-11-18)22-14-19-25-24-17(5)26(19)6;/h15-16,18H,7-14H2,1-6H3,(H2,21,22,23);1H. The third-order valence-corrected chi connectivity index (χ3v) is 5.50. The molecule has 1 aromatic rings. The van der Waals surface area contributed by atoms with Gasteiger partial charge in [-0.2, -0.15) is 0 Å². The van der Waals surface area contributed by atoms with Crippen molar-refractivity contribution in [1.29, 1.82) is 0 Å².